The number of carbonyl (C=O) groups is 1. The minimum absolute atomic E-state index is 0.0297. The van der Waals surface area contributed by atoms with Gasteiger partial charge < -0.3 is 10.6 Å². The largest absolute Gasteiger partial charge is 0.326 e. The van der Waals surface area contributed by atoms with Gasteiger partial charge in [-0.25, -0.2) is 9.97 Å². The van der Waals surface area contributed by atoms with Gasteiger partial charge in [0.15, 0.2) is 0 Å². The highest BCUT2D eigenvalue weighted by Gasteiger charge is 2.17. The number of rotatable bonds is 2. The van der Waals surface area contributed by atoms with E-state index in [0.717, 1.165) is 21.4 Å². The Hall–Kier alpha value is -1.95. The number of halogens is 1. The van der Waals surface area contributed by atoms with Crippen molar-refractivity contribution < 1.29 is 4.79 Å². The van der Waals surface area contributed by atoms with Crippen LogP contribution < -0.4 is 10.6 Å². The van der Waals surface area contributed by atoms with Gasteiger partial charge in [0.25, 0.3) is 0 Å². The lowest BCUT2D eigenvalue weighted by Gasteiger charge is -2.06. The van der Waals surface area contributed by atoms with Gasteiger partial charge in [0.05, 0.1) is 10.9 Å². The average Bonchev–Trinajstić information content (AvgIpc) is 2.71. The van der Waals surface area contributed by atoms with Gasteiger partial charge in [0.2, 0.25) is 11.9 Å². The van der Waals surface area contributed by atoms with E-state index in [1.807, 2.05) is 18.2 Å². The third-order valence-corrected chi connectivity index (χ3v) is 3.02. The number of fused-ring (bicyclic) bond motifs is 1. The second kappa shape index (κ2) is 4.38. The van der Waals surface area contributed by atoms with Crippen molar-refractivity contribution in [3.63, 3.8) is 0 Å². The normalized spacial score (nSPS) is 13.1. The third kappa shape index (κ3) is 2.19. The van der Waals surface area contributed by atoms with E-state index in [-0.39, 0.29) is 5.91 Å². The molecule has 1 amide bonds. The fraction of sp³-hybridized carbons (Fsp3) is 0.0833. The molecule has 2 N–H and O–H groups in total. The van der Waals surface area contributed by atoms with E-state index in [1.54, 1.807) is 12.4 Å². The topological polar surface area (TPSA) is 66.9 Å². The van der Waals surface area contributed by atoms with Gasteiger partial charge in [-0.05, 0) is 39.7 Å². The molecule has 6 heteroatoms. The van der Waals surface area contributed by atoms with Crippen LogP contribution >= 0.6 is 15.9 Å². The van der Waals surface area contributed by atoms with E-state index in [0.29, 0.717) is 12.4 Å². The number of amides is 1. The molecule has 1 aromatic heterocycles. The zero-order chi connectivity index (χ0) is 12.5. The van der Waals surface area contributed by atoms with Crippen LogP contribution in [-0.2, 0) is 11.2 Å². The molecule has 1 aliphatic heterocycles. The van der Waals surface area contributed by atoms with Gasteiger partial charge in [-0.2, -0.15) is 0 Å². The quantitative estimate of drug-likeness (QED) is 0.894. The molecule has 2 heterocycles. The minimum atomic E-state index is 0.0297. The molecule has 0 unspecified atom stereocenters. The van der Waals surface area contributed by atoms with Crippen LogP contribution in [0.4, 0.5) is 17.3 Å². The zero-order valence-corrected chi connectivity index (χ0v) is 10.9. The van der Waals surface area contributed by atoms with Gasteiger partial charge >= 0.3 is 0 Å². The van der Waals surface area contributed by atoms with Crippen LogP contribution in [0.25, 0.3) is 0 Å². The molecular weight excluding hydrogens is 296 g/mol. The molecule has 0 aliphatic carbocycles. The van der Waals surface area contributed by atoms with Crippen molar-refractivity contribution in [3.05, 3.63) is 40.6 Å². The summed E-state index contributed by atoms with van der Waals surface area (Å²) in [6.07, 6.45) is 3.77. The Labute approximate surface area is 112 Å². The highest BCUT2D eigenvalue weighted by Crippen LogP contribution is 2.26. The van der Waals surface area contributed by atoms with Gasteiger partial charge in [-0.1, -0.05) is 0 Å². The summed E-state index contributed by atoms with van der Waals surface area (Å²) < 4.78 is 0.830. The molecule has 2 aromatic rings. The maximum absolute atomic E-state index is 11.2. The lowest BCUT2D eigenvalue weighted by Crippen LogP contribution is -2.03. The van der Waals surface area contributed by atoms with Crippen molar-refractivity contribution in [3.8, 4) is 0 Å². The van der Waals surface area contributed by atoms with Gasteiger partial charge in [-0.15, -0.1) is 0 Å². The van der Waals surface area contributed by atoms with Gasteiger partial charge in [0, 0.05) is 23.8 Å². The Morgan fingerprint density at radius 1 is 1.28 bits per heavy atom. The lowest BCUT2D eigenvalue weighted by atomic mass is 10.1. The van der Waals surface area contributed by atoms with E-state index < -0.39 is 0 Å². The van der Waals surface area contributed by atoms with Crippen molar-refractivity contribution in [1.29, 1.82) is 0 Å². The summed E-state index contributed by atoms with van der Waals surface area (Å²) in [7, 11) is 0. The Balaban J connectivity index is 1.84. The van der Waals surface area contributed by atoms with Crippen LogP contribution in [0.5, 0.6) is 0 Å². The molecule has 5 nitrogen and oxygen atoms in total. The Kier molecular flexibility index (Phi) is 2.71. The number of benzene rings is 1. The van der Waals surface area contributed by atoms with Crippen molar-refractivity contribution in [1.82, 2.24) is 9.97 Å². The van der Waals surface area contributed by atoms with Crippen molar-refractivity contribution >= 4 is 39.2 Å². The predicted molar refractivity (Wildman–Crippen MR) is 71.8 cm³/mol. The smallest absolute Gasteiger partial charge is 0.228 e. The van der Waals surface area contributed by atoms with E-state index in [1.165, 1.54) is 0 Å². The summed E-state index contributed by atoms with van der Waals surface area (Å²) in [5, 5.41) is 5.89. The summed E-state index contributed by atoms with van der Waals surface area (Å²) in [6.45, 7) is 0. The fourth-order valence-electron chi connectivity index (χ4n) is 1.81. The summed E-state index contributed by atoms with van der Waals surface area (Å²) >= 11 is 3.28. The summed E-state index contributed by atoms with van der Waals surface area (Å²) in [5.74, 6) is 0.553. The maximum Gasteiger partial charge on any atom is 0.228 e. The molecule has 0 saturated carbocycles. The molecular formula is C12H9BrN4O. The Morgan fingerprint density at radius 2 is 2.06 bits per heavy atom. The number of anilines is 3. The number of nitrogens with zero attached hydrogens (tertiary/aromatic N) is 2. The molecule has 1 aliphatic rings. The van der Waals surface area contributed by atoms with E-state index in [9.17, 15) is 4.79 Å². The maximum atomic E-state index is 11.2. The van der Waals surface area contributed by atoms with Crippen molar-refractivity contribution in [2.75, 3.05) is 10.6 Å². The van der Waals surface area contributed by atoms with Crippen molar-refractivity contribution in [2.24, 2.45) is 0 Å². The number of hydrogen-bond acceptors (Lipinski definition) is 4. The molecule has 0 bridgehead atoms. The first-order valence-corrected chi connectivity index (χ1v) is 6.17. The molecule has 3 rings (SSSR count). The molecule has 18 heavy (non-hydrogen) atoms. The molecule has 0 fully saturated rings. The highest BCUT2D eigenvalue weighted by atomic mass is 79.9. The van der Waals surface area contributed by atoms with Crippen LogP contribution in [0.2, 0.25) is 0 Å². The second-order valence-corrected chi connectivity index (χ2v) is 4.86. The molecule has 1 aromatic carbocycles. The number of carbonyl (C=O) groups excluding carboxylic acids is 1. The first kappa shape index (κ1) is 11.2. The number of aromatic nitrogens is 2. The molecule has 90 valence electrons. The lowest BCUT2D eigenvalue weighted by molar-refractivity contribution is -0.115. The number of nitrogens with one attached hydrogen (secondary N) is 2. The summed E-state index contributed by atoms with van der Waals surface area (Å²) in [4.78, 5) is 19.5. The SMILES string of the molecule is O=C1Cc2cc(Nc3ncc(Br)cn3)ccc2N1. The van der Waals surface area contributed by atoms with Crippen LogP contribution in [0.15, 0.2) is 35.1 Å². The molecule has 0 spiro atoms. The van der Waals surface area contributed by atoms with E-state index >= 15 is 0 Å². The van der Waals surface area contributed by atoms with E-state index in [2.05, 4.69) is 36.5 Å². The molecule has 0 saturated heterocycles. The predicted octanol–water partition coefficient (Wildman–Crippen LogP) is 2.48. The zero-order valence-electron chi connectivity index (χ0n) is 9.27. The highest BCUT2D eigenvalue weighted by molar-refractivity contribution is 9.10. The fourth-order valence-corrected chi connectivity index (χ4v) is 2.02. The molecule has 0 atom stereocenters. The van der Waals surface area contributed by atoms with Crippen molar-refractivity contribution in [2.45, 2.75) is 6.42 Å². The standard InChI is InChI=1S/C12H9BrN4O/c13-8-5-14-12(15-6-8)16-9-1-2-10-7(3-9)4-11(18)17-10/h1-3,5-6H,4H2,(H,17,18)(H,14,15,16). The Morgan fingerprint density at radius 3 is 2.83 bits per heavy atom. The second-order valence-electron chi connectivity index (χ2n) is 3.95. The molecule has 0 radical (unpaired) electrons. The van der Waals surface area contributed by atoms with Crippen LogP contribution in [0, 0.1) is 0 Å². The first-order chi connectivity index (χ1) is 8.70. The number of hydrogen-bond donors (Lipinski definition) is 2. The van der Waals surface area contributed by atoms with Crippen LogP contribution in [0.3, 0.4) is 0 Å². The summed E-state index contributed by atoms with van der Waals surface area (Å²) in [5.41, 5.74) is 2.73. The summed E-state index contributed by atoms with van der Waals surface area (Å²) in [6, 6.07) is 5.69. The van der Waals surface area contributed by atoms with Gasteiger partial charge in [0.1, 0.15) is 0 Å². The van der Waals surface area contributed by atoms with E-state index in [4.69, 9.17) is 0 Å². The van der Waals surface area contributed by atoms with Crippen LogP contribution in [0.1, 0.15) is 5.56 Å². The minimum Gasteiger partial charge on any atom is -0.326 e. The average molecular weight is 305 g/mol. The van der Waals surface area contributed by atoms with Gasteiger partial charge in [-0.3, -0.25) is 4.79 Å². The van der Waals surface area contributed by atoms with Crippen LogP contribution in [-0.4, -0.2) is 15.9 Å². The first-order valence-electron chi connectivity index (χ1n) is 5.38. The Bertz CT molecular complexity index is 612. The monoisotopic (exact) mass is 304 g/mol. The third-order valence-electron chi connectivity index (χ3n) is 2.61.